The molecule has 0 amide bonds. The molecule has 5 nitrogen and oxygen atoms in total. The summed E-state index contributed by atoms with van der Waals surface area (Å²) < 4.78 is 82.6. The molecule has 2 N–H and O–H groups in total. The fraction of sp³-hybridized carbons (Fsp3) is 0.333. The van der Waals surface area contributed by atoms with Crippen molar-refractivity contribution >= 4 is 10.0 Å². The van der Waals surface area contributed by atoms with Crippen molar-refractivity contribution < 1.29 is 30.7 Å². The number of ether oxygens (including phenoxy) is 1. The molecule has 0 aromatic heterocycles. The zero-order valence-electron chi connectivity index (χ0n) is 20.3. The van der Waals surface area contributed by atoms with Gasteiger partial charge in [-0.25, -0.2) is 17.9 Å². The number of sulfonamides is 1. The van der Waals surface area contributed by atoms with E-state index in [0.29, 0.717) is 49.7 Å². The fourth-order valence-electron chi connectivity index (χ4n) is 4.51. The standard InChI is InChI=1S/C27H28F4N2O3S/c1-18-2-7-26(37(32,34)35)25(12-18)21-5-3-19(4-6-21)17-36-24-8-10-33(11-9-24)16-20-13-22(27(29,30)31)15-23(28)14-20/h2-7,12-15,24H,8-11,16-17H2,1H3,(H2,32,34,35). The SMILES string of the molecule is Cc1ccc(S(N)(=O)=O)c(-c2ccc(COC3CCN(Cc4cc(F)cc(C(F)(F)F)c4)CC3)cc2)c1. The van der Waals surface area contributed by atoms with Gasteiger partial charge in [-0.15, -0.1) is 0 Å². The number of hydrogen-bond donors (Lipinski definition) is 1. The topological polar surface area (TPSA) is 72.6 Å². The summed E-state index contributed by atoms with van der Waals surface area (Å²) in [5.74, 6) is -0.891. The van der Waals surface area contributed by atoms with E-state index in [0.717, 1.165) is 28.8 Å². The van der Waals surface area contributed by atoms with Gasteiger partial charge in [-0.05, 0) is 60.7 Å². The molecule has 1 heterocycles. The minimum atomic E-state index is -4.58. The van der Waals surface area contributed by atoms with Gasteiger partial charge < -0.3 is 4.74 Å². The Bertz CT molecular complexity index is 1350. The summed E-state index contributed by atoms with van der Waals surface area (Å²) in [6.07, 6.45) is -3.17. The molecule has 10 heteroatoms. The van der Waals surface area contributed by atoms with Gasteiger partial charge >= 0.3 is 6.18 Å². The summed E-state index contributed by atoms with van der Waals surface area (Å²) in [6.45, 7) is 3.76. The van der Waals surface area contributed by atoms with Crippen LogP contribution >= 0.6 is 0 Å². The summed E-state index contributed by atoms with van der Waals surface area (Å²) in [5.41, 5.74) is 2.44. The summed E-state index contributed by atoms with van der Waals surface area (Å²) in [7, 11) is -3.87. The predicted molar refractivity (Wildman–Crippen MR) is 132 cm³/mol. The molecule has 1 saturated heterocycles. The number of alkyl halides is 3. The molecule has 3 aromatic carbocycles. The average Bonchev–Trinajstić information content (AvgIpc) is 2.82. The number of primary sulfonamides is 1. The first-order valence-electron chi connectivity index (χ1n) is 11.8. The lowest BCUT2D eigenvalue weighted by atomic mass is 10.0. The lowest BCUT2D eigenvalue weighted by molar-refractivity contribution is -0.137. The van der Waals surface area contributed by atoms with Crippen molar-refractivity contribution in [2.75, 3.05) is 13.1 Å². The number of rotatable bonds is 7. The van der Waals surface area contributed by atoms with Crippen molar-refractivity contribution in [1.29, 1.82) is 0 Å². The molecular formula is C27H28F4N2O3S. The van der Waals surface area contributed by atoms with Crippen molar-refractivity contribution in [2.24, 2.45) is 5.14 Å². The highest BCUT2D eigenvalue weighted by Crippen LogP contribution is 2.31. The molecule has 1 aliphatic heterocycles. The van der Waals surface area contributed by atoms with Gasteiger partial charge in [0, 0.05) is 25.2 Å². The van der Waals surface area contributed by atoms with Crippen LogP contribution in [-0.4, -0.2) is 32.5 Å². The maximum atomic E-state index is 13.7. The van der Waals surface area contributed by atoms with Crippen LogP contribution in [0.25, 0.3) is 11.1 Å². The van der Waals surface area contributed by atoms with Crippen LogP contribution in [0.1, 0.15) is 35.1 Å². The van der Waals surface area contributed by atoms with Gasteiger partial charge in [0.05, 0.1) is 23.2 Å². The van der Waals surface area contributed by atoms with Gasteiger partial charge in [-0.3, -0.25) is 4.90 Å². The largest absolute Gasteiger partial charge is 0.416 e. The lowest BCUT2D eigenvalue weighted by Gasteiger charge is -2.32. The molecular weight excluding hydrogens is 508 g/mol. The summed E-state index contributed by atoms with van der Waals surface area (Å²) >= 11 is 0. The van der Waals surface area contributed by atoms with Crippen molar-refractivity contribution in [3.8, 4) is 11.1 Å². The first-order chi connectivity index (χ1) is 17.4. The van der Waals surface area contributed by atoms with E-state index < -0.39 is 27.6 Å². The quantitative estimate of drug-likeness (QED) is 0.396. The maximum Gasteiger partial charge on any atom is 0.416 e. The van der Waals surface area contributed by atoms with E-state index in [2.05, 4.69) is 0 Å². The van der Waals surface area contributed by atoms with Gasteiger partial charge in [-0.1, -0.05) is 42.0 Å². The second kappa shape index (κ2) is 10.9. The van der Waals surface area contributed by atoms with E-state index in [1.807, 2.05) is 36.1 Å². The molecule has 3 aromatic rings. The van der Waals surface area contributed by atoms with Gasteiger partial charge in [0.2, 0.25) is 10.0 Å². The smallest absolute Gasteiger partial charge is 0.373 e. The predicted octanol–water partition coefficient (Wildman–Crippen LogP) is 5.65. The Morgan fingerprint density at radius 2 is 1.65 bits per heavy atom. The summed E-state index contributed by atoms with van der Waals surface area (Å²) in [5, 5.41) is 5.38. The van der Waals surface area contributed by atoms with Gasteiger partial charge in [0.25, 0.3) is 0 Å². The molecule has 198 valence electrons. The zero-order chi connectivity index (χ0) is 26.8. The number of nitrogens with two attached hydrogens (primary N) is 1. The van der Waals surface area contributed by atoms with E-state index in [-0.39, 0.29) is 17.5 Å². The van der Waals surface area contributed by atoms with E-state index in [9.17, 15) is 26.0 Å². The molecule has 0 bridgehead atoms. The molecule has 0 saturated carbocycles. The van der Waals surface area contributed by atoms with Crippen LogP contribution in [0.3, 0.4) is 0 Å². The molecule has 0 spiro atoms. The number of hydrogen-bond acceptors (Lipinski definition) is 4. The van der Waals surface area contributed by atoms with Crippen molar-refractivity contribution in [3.05, 3.63) is 88.7 Å². The molecule has 1 fully saturated rings. The highest BCUT2D eigenvalue weighted by molar-refractivity contribution is 7.89. The first kappa shape index (κ1) is 27.3. The minimum absolute atomic E-state index is 0.0000641. The first-order valence-corrected chi connectivity index (χ1v) is 13.4. The number of piperidine rings is 1. The Morgan fingerprint density at radius 1 is 0.973 bits per heavy atom. The second-order valence-corrected chi connectivity index (χ2v) is 10.9. The van der Waals surface area contributed by atoms with Gasteiger partial charge in [0.1, 0.15) is 5.82 Å². The molecule has 0 atom stereocenters. The van der Waals surface area contributed by atoms with Gasteiger partial charge in [-0.2, -0.15) is 13.2 Å². The van der Waals surface area contributed by atoms with Crippen LogP contribution in [0, 0.1) is 12.7 Å². The minimum Gasteiger partial charge on any atom is -0.373 e. The number of likely N-dealkylation sites (tertiary alicyclic amines) is 1. The molecule has 0 unspecified atom stereocenters. The molecule has 4 rings (SSSR count). The van der Waals surface area contributed by atoms with E-state index in [1.54, 1.807) is 12.1 Å². The third kappa shape index (κ3) is 7.16. The fourth-order valence-corrected chi connectivity index (χ4v) is 5.25. The Morgan fingerprint density at radius 3 is 2.27 bits per heavy atom. The number of aryl methyl sites for hydroxylation is 1. The number of halogens is 4. The van der Waals surface area contributed by atoms with Crippen molar-refractivity contribution in [3.63, 3.8) is 0 Å². The van der Waals surface area contributed by atoms with E-state index in [4.69, 9.17) is 9.88 Å². The second-order valence-electron chi connectivity index (χ2n) is 9.37. The monoisotopic (exact) mass is 536 g/mol. The van der Waals surface area contributed by atoms with Crippen molar-refractivity contribution in [1.82, 2.24) is 4.90 Å². The van der Waals surface area contributed by atoms with Crippen LogP contribution in [0.4, 0.5) is 17.6 Å². The summed E-state index contributed by atoms with van der Waals surface area (Å²) in [4.78, 5) is 2.07. The molecule has 37 heavy (non-hydrogen) atoms. The normalized spacial score (nSPS) is 15.7. The average molecular weight is 537 g/mol. The Kier molecular flexibility index (Phi) is 8.03. The third-order valence-electron chi connectivity index (χ3n) is 6.42. The van der Waals surface area contributed by atoms with E-state index in [1.165, 1.54) is 6.07 Å². The molecule has 1 aliphatic rings. The van der Waals surface area contributed by atoms with Crippen LogP contribution in [-0.2, 0) is 34.1 Å². The Balaban J connectivity index is 1.31. The highest BCUT2D eigenvalue weighted by Gasteiger charge is 2.31. The zero-order valence-corrected chi connectivity index (χ0v) is 21.1. The Hall–Kier alpha value is -2.79. The van der Waals surface area contributed by atoms with Crippen LogP contribution < -0.4 is 5.14 Å². The van der Waals surface area contributed by atoms with Gasteiger partial charge in [0.15, 0.2) is 0 Å². The van der Waals surface area contributed by atoms with E-state index >= 15 is 0 Å². The summed E-state index contributed by atoms with van der Waals surface area (Å²) in [6, 6.07) is 15.1. The van der Waals surface area contributed by atoms with Crippen LogP contribution in [0.15, 0.2) is 65.6 Å². The number of nitrogens with zero attached hydrogens (tertiary/aromatic N) is 1. The lowest BCUT2D eigenvalue weighted by Crippen LogP contribution is -2.36. The Labute approximate surface area is 213 Å². The maximum absolute atomic E-state index is 13.7. The molecule has 0 radical (unpaired) electrons. The van der Waals surface area contributed by atoms with Crippen LogP contribution in [0.2, 0.25) is 0 Å². The highest BCUT2D eigenvalue weighted by atomic mass is 32.2. The van der Waals surface area contributed by atoms with Crippen molar-refractivity contribution in [2.45, 2.75) is 50.1 Å². The molecule has 0 aliphatic carbocycles. The third-order valence-corrected chi connectivity index (χ3v) is 7.39. The number of benzene rings is 3. The van der Waals surface area contributed by atoms with Crippen LogP contribution in [0.5, 0.6) is 0 Å².